The molecule has 1 aromatic carbocycles. The Kier molecular flexibility index (Phi) is 6.34. The molecule has 3 rings (SSSR count). The first-order valence-electron chi connectivity index (χ1n) is 9.49. The van der Waals surface area contributed by atoms with E-state index in [1.165, 1.54) is 11.1 Å². The minimum atomic E-state index is -0.640. The van der Waals surface area contributed by atoms with E-state index in [4.69, 9.17) is 10.5 Å². The second-order valence-corrected chi connectivity index (χ2v) is 8.38. The fraction of sp³-hybridized carbons (Fsp3) is 0.381. The number of anilines is 1. The molecule has 1 aliphatic heterocycles. The van der Waals surface area contributed by atoms with Gasteiger partial charge in [-0.25, -0.2) is 4.79 Å². The van der Waals surface area contributed by atoms with Gasteiger partial charge in [0.05, 0.1) is 23.1 Å². The number of hydrogen-bond acceptors (Lipinski definition) is 6. The summed E-state index contributed by atoms with van der Waals surface area (Å²) in [6.07, 6.45) is 0.565. The number of nitrogens with one attached hydrogen (secondary N) is 1. The van der Waals surface area contributed by atoms with Crippen molar-refractivity contribution in [2.75, 3.05) is 18.4 Å². The van der Waals surface area contributed by atoms with Gasteiger partial charge in [0.25, 0.3) is 5.91 Å². The molecule has 2 amide bonds. The number of carbonyl (C=O) groups excluding carboxylic acids is 3. The number of hydrogen-bond donors (Lipinski definition) is 2. The lowest BCUT2D eigenvalue weighted by molar-refractivity contribution is -0.117. The summed E-state index contributed by atoms with van der Waals surface area (Å²) in [5.74, 6) is -1.47. The predicted molar refractivity (Wildman–Crippen MR) is 112 cm³/mol. The molecule has 2 heterocycles. The standard InChI is InChI=1S/C21H25N3O4S/c1-12(2)28-21(27)17-13(3)18(19(22)26)29-20(17)23-16(25)11-24-9-8-14-6-4-5-7-15(14)10-24/h4-7,12H,8-11H2,1-3H3,(H2,22,26)(H,23,25). The molecule has 0 atom stereocenters. The Balaban J connectivity index is 1.75. The summed E-state index contributed by atoms with van der Waals surface area (Å²) >= 11 is 1.00. The molecule has 0 aliphatic carbocycles. The van der Waals surface area contributed by atoms with Gasteiger partial charge in [0, 0.05) is 13.1 Å². The second-order valence-electron chi connectivity index (χ2n) is 7.36. The van der Waals surface area contributed by atoms with E-state index >= 15 is 0 Å². The number of esters is 1. The van der Waals surface area contributed by atoms with Crippen molar-refractivity contribution in [1.82, 2.24) is 4.90 Å². The Morgan fingerprint density at radius 1 is 1.24 bits per heavy atom. The van der Waals surface area contributed by atoms with Crippen molar-refractivity contribution < 1.29 is 19.1 Å². The van der Waals surface area contributed by atoms with Gasteiger partial charge < -0.3 is 15.8 Å². The molecule has 2 aromatic rings. The Morgan fingerprint density at radius 2 is 1.93 bits per heavy atom. The highest BCUT2D eigenvalue weighted by Gasteiger charge is 2.27. The van der Waals surface area contributed by atoms with E-state index in [9.17, 15) is 14.4 Å². The van der Waals surface area contributed by atoms with E-state index in [0.29, 0.717) is 17.1 Å². The number of primary amides is 1. The van der Waals surface area contributed by atoms with E-state index in [0.717, 1.165) is 24.3 Å². The molecule has 0 bridgehead atoms. The lowest BCUT2D eigenvalue weighted by Gasteiger charge is -2.28. The summed E-state index contributed by atoms with van der Waals surface area (Å²) in [5.41, 5.74) is 8.56. The average molecular weight is 416 g/mol. The molecule has 0 unspecified atom stereocenters. The summed E-state index contributed by atoms with van der Waals surface area (Å²) in [4.78, 5) is 39.2. The molecule has 3 N–H and O–H groups in total. The molecule has 154 valence electrons. The van der Waals surface area contributed by atoms with Crippen molar-refractivity contribution in [1.29, 1.82) is 0 Å². The highest BCUT2D eigenvalue weighted by atomic mass is 32.1. The number of ether oxygens (including phenoxy) is 1. The summed E-state index contributed by atoms with van der Waals surface area (Å²) in [7, 11) is 0. The highest BCUT2D eigenvalue weighted by Crippen LogP contribution is 2.33. The van der Waals surface area contributed by atoms with Gasteiger partial charge in [-0.15, -0.1) is 11.3 Å². The maximum absolute atomic E-state index is 12.7. The number of thiophene rings is 1. The summed E-state index contributed by atoms with van der Waals surface area (Å²) in [6.45, 7) is 6.77. The van der Waals surface area contributed by atoms with Gasteiger partial charge in [0.15, 0.2) is 0 Å². The second kappa shape index (κ2) is 8.75. The number of nitrogens with zero attached hydrogens (tertiary/aromatic N) is 1. The highest BCUT2D eigenvalue weighted by molar-refractivity contribution is 7.18. The number of benzene rings is 1. The molecule has 7 nitrogen and oxygen atoms in total. The van der Waals surface area contributed by atoms with Crippen LogP contribution in [0.2, 0.25) is 0 Å². The Hall–Kier alpha value is -2.71. The molecule has 8 heteroatoms. The number of nitrogens with two attached hydrogens (primary N) is 1. The van der Waals surface area contributed by atoms with Crippen molar-refractivity contribution in [3.05, 3.63) is 51.4 Å². The number of rotatable bonds is 6. The summed E-state index contributed by atoms with van der Waals surface area (Å²) in [5, 5.41) is 3.08. The van der Waals surface area contributed by atoms with Crippen LogP contribution < -0.4 is 11.1 Å². The normalized spacial score (nSPS) is 13.8. The third kappa shape index (κ3) is 4.83. The Morgan fingerprint density at radius 3 is 2.59 bits per heavy atom. The minimum absolute atomic E-state index is 0.190. The molecule has 1 aromatic heterocycles. The van der Waals surface area contributed by atoms with Gasteiger partial charge in [-0.05, 0) is 43.9 Å². The molecular weight excluding hydrogens is 390 g/mol. The van der Waals surface area contributed by atoms with E-state index < -0.39 is 11.9 Å². The Bertz CT molecular complexity index is 951. The summed E-state index contributed by atoms with van der Waals surface area (Å²) in [6, 6.07) is 8.20. The number of carbonyl (C=O) groups is 3. The van der Waals surface area contributed by atoms with Crippen LogP contribution in [0.5, 0.6) is 0 Å². The maximum Gasteiger partial charge on any atom is 0.341 e. The zero-order valence-electron chi connectivity index (χ0n) is 16.8. The number of fused-ring (bicyclic) bond motifs is 1. The SMILES string of the molecule is Cc1c(C(N)=O)sc(NC(=O)CN2CCc3ccccc3C2)c1C(=O)OC(C)C. The fourth-order valence-corrected chi connectivity index (χ4v) is 4.48. The van der Waals surface area contributed by atoms with Crippen molar-refractivity contribution >= 4 is 34.1 Å². The van der Waals surface area contributed by atoms with Gasteiger partial charge in [0.1, 0.15) is 5.00 Å². The first-order chi connectivity index (χ1) is 13.8. The molecular formula is C21H25N3O4S. The Labute approximate surface area is 173 Å². The quantitative estimate of drug-likeness (QED) is 0.707. The number of amides is 2. The van der Waals surface area contributed by atoms with Crippen LogP contribution in [0, 0.1) is 6.92 Å². The summed E-state index contributed by atoms with van der Waals surface area (Å²) < 4.78 is 5.28. The van der Waals surface area contributed by atoms with Gasteiger partial charge in [-0.3, -0.25) is 14.5 Å². The fourth-order valence-electron chi connectivity index (χ4n) is 3.41. The van der Waals surface area contributed by atoms with Crippen LogP contribution in [-0.4, -0.2) is 41.9 Å². The van der Waals surface area contributed by atoms with Gasteiger partial charge in [-0.1, -0.05) is 24.3 Å². The van der Waals surface area contributed by atoms with Gasteiger partial charge in [-0.2, -0.15) is 0 Å². The van der Waals surface area contributed by atoms with Crippen LogP contribution in [0.1, 0.15) is 50.6 Å². The molecule has 0 radical (unpaired) electrons. The largest absolute Gasteiger partial charge is 0.459 e. The van der Waals surface area contributed by atoms with Crippen LogP contribution >= 0.6 is 11.3 Å². The minimum Gasteiger partial charge on any atom is -0.459 e. The molecule has 29 heavy (non-hydrogen) atoms. The maximum atomic E-state index is 12.7. The van der Waals surface area contributed by atoms with E-state index in [2.05, 4.69) is 22.3 Å². The lowest BCUT2D eigenvalue weighted by atomic mass is 10.00. The predicted octanol–water partition coefficient (Wildman–Crippen LogP) is 2.72. The van der Waals surface area contributed by atoms with Crippen LogP contribution in [0.15, 0.2) is 24.3 Å². The first kappa shape index (κ1) is 21.0. The zero-order valence-corrected chi connectivity index (χ0v) is 17.6. The molecule has 0 fully saturated rings. The van der Waals surface area contributed by atoms with Crippen LogP contribution in [0.4, 0.5) is 5.00 Å². The molecule has 0 spiro atoms. The van der Waals surface area contributed by atoms with E-state index in [1.54, 1.807) is 20.8 Å². The third-order valence-corrected chi connectivity index (χ3v) is 5.97. The lowest BCUT2D eigenvalue weighted by Crippen LogP contribution is -2.37. The van der Waals surface area contributed by atoms with E-state index in [1.807, 2.05) is 12.1 Å². The molecule has 0 saturated carbocycles. The van der Waals surface area contributed by atoms with Crippen LogP contribution in [-0.2, 0) is 22.5 Å². The first-order valence-corrected chi connectivity index (χ1v) is 10.3. The smallest absolute Gasteiger partial charge is 0.341 e. The van der Waals surface area contributed by atoms with Crippen molar-refractivity contribution in [3.8, 4) is 0 Å². The van der Waals surface area contributed by atoms with Gasteiger partial charge in [0.2, 0.25) is 5.91 Å². The van der Waals surface area contributed by atoms with E-state index in [-0.39, 0.29) is 29.0 Å². The van der Waals surface area contributed by atoms with Crippen LogP contribution in [0.3, 0.4) is 0 Å². The van der Waals surface area contributed by atoms with Crippen molar-refractivity contribution in [3.63, 3.8) is 0 Å². The van der Waals surface area contributed by atoms with Crippen molar-refractivity contribution in [2.45, 2.75) is 39.8 Å². The monoisotopic (exact) mass is 415 g/mol. The topological polar surface area (TPSA) is 102 Å². The van der Waals surface area contributed by atoms with Crippen LogP contribution in [0.25, 0.3) is 0 Å². The van der Waals surface area contributed by atoms with Crippen molar-refractivity contribution in [2.24, 2.45) is 5.73 Å². The third-order valence-electron chi connectivity index (χ3n) is 4.75. The zero-order chi connectivity index (χ0) is 21.1. The van der Waals surface area contributed by atoms with Gasteiger partial charge >= 0.3 is 5.97 Å². The molecule has 0 saturated heterocycles. The molecule has 1 aliphatic rings. The average Bonchev–Trinajstić information content (AvgIpc) is 2.97.